The quantitative estimate of drug-likeness (QED) is 0.185. The summed E-state index contributed by atoms with van der Waals surface area (Å²) in [4.78, 5) is 50.5. The second-order valence-electron chi connectivity index (χ2n) is 15.3. The number of rotatable bonds is 8. The van der Waals surface area contributed by atoms with Gasteiger partial charge in [0.05, 0.1) is 18.8 Å². The molecule has 8 rings (SSSR count). The third-order valence-electron chi connectivity index (χ3n) is 11.9. The first kappa shape index (κ1) is 38.0. The second-order valence-corrected chi connectivity index (χ2v) is 15.3. The van der Waals surface area contributed by atoms with E-state index in [4.69, 9.17) is 9.47 Å². The van der Waals surface area contributed by atoms with Gasteiger partial charge in [0.15, 0.2) is 0 Å². The van der Waals surface area contributed by atoms with Gasteiger partial charge in [0.25, 0.3) is 11.8 Å². The van der Waals surface area contributed by atoms with Crippen LogP contribution < -0.4 is 9.64 Å². The highest BCUT2D eigenvalue weighted by Gasteiger charge is 2.34. The van der Waals surface area contributed by atoms with Gasteiger partial charge in [-0.15, -0.1) is 0 Å². The van der Waals surface area contributed by atoms with E-state index in [9.17, 15) is 14.7 Å². The van der Waals surface area contributed by atoms with Crippen molar-refractivity contribution in [3.8, 4) is 22.8 Å². The Hall–Kier alpha value is -5.91. The first-order chi connectivity index (χ1) is 27.6. The predicted molar refractivity (Wildman–Crippen MR) is 219 cm³/mol. The number of amides is 3. The molecular weight excluding hydrogens is 719 g/mol. The third-order valence-corrected chi connectivity index (χ3v) is 11.9. The molecule has 0 aliphatic carbocycles. The molecule has 294 valence electrons. The molecule has 0 spiro atoms. The molecule has 11 heteroatoms. The zero-order valence-corrected chi connectivity index (χ0v) is 32.8. The number of ether oxygens (including phenoxy) is 2. The molecule has 1 saturated heterocycles. The standard InChI is InChI=1S/C46H49N5O6/c1-31-40(44(53)48(3)36-13-15-38(52)16-14-36)28-43(47(31)2)41-26-33-17-20-50(46(55)57-39-11-5-4-6-12-39)29-35(33)27-42(41)45(54)51-30-34-10-8-7-9-32(34)25-37(51)18-19-49-21-23-56-24-22-49/h4-16,26-28,37,52H,17-25,29-30H2,1-3H3/t37-/m1/s1. The number of phenolic OH excluding ortho intramolecular Hbond substituents is 1. The van der Waals surface area contributed by atoms with E-state index < -0.39 is 6.09 Å². The Morgan fingerprint density at radius 2 is 1.54 bits per heavy atom. The normalized spacial score (nSPS) is 16.8. The summed E-state index contributed by atoms with van der Waals surface area (Å²) in [5, 5.41) is 9.84. The summed E-state index contributed by atoms with van der Waals surface area (Å²) in [6.07, 6.45) is 1.74. The number of carbonyl (C=O) groups is 3. The molecule has 3 amide bonds. The smallest absolute Gasteiger partial charge is 0.415 e. The van der Waals surface area contributed by atoms with E-state index in [1.54, 1.807) is 53.2 Å². The average molecular weight is 768 g/mol. The number of anilines is 1. The Morgan fingerprint density at radius 3 is 2.30 bits per heavy atom. The topological polar surface area (TPSA) is 108 Å². The van der Waals surface area contributed by atoms with Crippen LogP contribution in [0.1, 0.15) is 55.1 Å². The monoisotopic (exact) mass is 767 g/mol. The SMILES string of the molecule is Cc1c(C(=O)N(C)c2ccc(O)cc2)cc(-c2cc3c(cc2C(=O)N2Cc4ccccc4C[C@H]2CCN2CCOCC2)CN(C(=O)Oc2ccccc2)CC3)n1C. The van der Waals surface area contributed by atoms with Crippen LogP contribution in [-0.4, -0.2) is 94.8 Å². The molecule has 0 radical (unpaired) electrons. The number of para-hydroxylation sites is 1. The highest BCUT2D eigenvalue weighted by molar-refractivity contribution is 6.08. The molecule has 4 aromatic carbocycles. The Balaban J connectivity index is 1.17. The van der Waals surface area contributed by atoms with Crippen LogP contribution in [0.3, 0.4) is 0 Å². The number of aromatic hydroxyl groups is 1. The summed E-state index contributed by atoms with van der Waals surface area (Å²) in [6, 6.07) is 29.9. The molecule has 3 aliphatic heterocycles. The molecule has 11 nitrogen and oxygen atoms in total. The van der Waals surface area contributed by atoms with Crippen molar-refractivity contribution in [1.82, 2.24) is 19.3 Å². The van der Waals surface area contributed by atoms with Crippen molar-refractivity contribution in [2.75, 3.05) is 51.3 Å². The number of phenols is 1. The van der Waals surface area contributed by atoms with Crippen LogP contribution in [0.4, 0.5) is 10.5 Å². The number of nitrogens with zero attached hydrogens (tertiary/aromatic N) is 5. The van der Waals surface area contributed by atoms with Crippen molar-refractivity contribution in [3.63, 3.8) is 0 Å². The lowest BCUT2D eigenvalue weighted by atomic mass is 9.88. The van der Waals surface area contributed by atoms with Crippen molar-refractivity contribution in [2.45, 2.75) is 45.3 Å². The van der Waals surface area contributed by atoms with Gasteiger partial charge in [-0.2, -0.15) is 0 Å². The van der Waals surface area contributed by atoms with E-state index >= 15 is 4.79 Å². The molecule has 1 N–H and O–H groups in total. The lowest BCUT2D eigenvalue weighted by molar-refractivity contribution is 0.0308. The molecule has 0 saturated carbocycles. The van der Waals surface area contributed by atoms with E-state index in [1.807, 2.05) is 59.8 Å². The number of aromatic nitrogens is 1. The number of fused-ring (bicyclic) bond motifs is 2. The van der Waals surface area contributed by atoms with Crippen LogP contribution in [0.5, 0.6) is 11.5 Å². The van der Waals surface area contributed by atoms with Crippen LogP contribution in [0.2, 0.25) is 0 Å². The van der Waals surface area contributed by atoms with E-state index in [1.165, 1.54) is 5.56 Å². The molecule has 0 unspecified atom stereocenters. The third kappa shape index (κ3) is 7.90. The number of hydrogen-bond donors (Lipinski definition) is 1. The van der Waals surface area contributed by atoms with Crippen LogP contribution in [0.15, 0.2) is 97.1 Å². The molecule has 57 heavy (non-hydrogen) atoms. The molecule has 5 aromatic rings. The van der Waals surface area contributed by atoms with E-state index in [2.05, 4.69) is 29.2 Å². The van der Waals surface area contributed by atoms with Crippen molar-refractivity contribution in [3.05, 3.63) is 136 Å². The molecule has 1 atom stereocenters. The maximum Gasteiger partial charge on any atom is 0.415 e. The highest BCUT2D eigenvalue weighted by atomic mass is 16.6. The fourth-order valence-corrected chi connectivity index (χ4v) is 8.35. The predicted octanol–water partition coefficient (Wildman–Crippen LogP) is 6.83. The van der Waals surface area contributed by atoms with E-state index in [0.29, 0.717) is 48.6 Å². The van der Waals surface area contributed by atoms with Crippen LogP contribution in [0, 0.1) is 6.92 Å². The Kier molecular flexibility index (Phi) is 10.9. The zero-order valence-electron chi connectivity index (χ0n) is 32.8. The molecular formula is C46H49N5O6. The minimum Gasteiger partial charge on any atom is -0.508 e. The summed E-state index contributed by atoms with van der Waals surface area (Å²) < 4.78 is 13.3. The van der Waals surface area contributed by atoms with Crippen LogP contribution >= 0.6 is 0 Å². The van der Waals surface area contributed by atoms with Gasteiger partial charge in [-0.1, -0.05) is 42.5 Å². The highest BCUT2D eigenvalue weighted by Crippen LogP contribution is 2.36. The second kappa shape index (κ2) is 16.3. The Morgan fingerprint density at radius 1 is 0.825 bits per heavy atom. The van der Waals surface area contributed by atoms with Gasteiger partial charge in [0.1, 0.15) is 11.5 Å². The fraction of sp³-hybridized carbons (Fsp3) is 0.326. The van der Waals surface area contributed by atoms with Crippen molar-refractivity contribution >= 4 is 23.6 Å². The number of carbonyl (C=O) groups excluding carboxylic acids is 3. The average Bonchev–Trinajstić information content (AvgIpc) is 3.54. The summed E-state index contributed by atoms with van der Waals surface area (Å²) in [7, 11) is 3.65. The fourth-order valence-electron chi connectivity index (χ4n) is 8.35. The molecule has 1 aromatic heterocycles. The van der Waals surface area contributed by atoms with Gasteiger partial charge in [0, 0.05) is 87.6 Å². The minimum atomic E-state index is -0.432. The van der Waals surface area contributed by atoms with Gasteiger partial charge in [0.2, 0.25) is 0 Å². The summed E-state index contributed by atoms with van der Waals surface area (Å²) in [6.45, 7) is 7.24. The van der Waals surface area contributed by atoms with Crippen LogP contribution in [-0.2, 0) is 37.7 Å². The van der Waals surface area contributed by atoms with Gasteiger partial charge < -0.3 is 33.8 Å². The maximum absolute atomic E-state index is 15.3. The lowest BCUT2D eigenvalue weighted by Gasteiger charge is -2.39. The van der Waals surface area contributed by atoms with Crippen LogP contribution in [0.25, 0.3) is 11.3 Å². The molecule has 0 bridgehead atoms. The molecule has 1 fully saturated rings. The zero-order chi connectivity index (χ0) is 39.6. The number of benzene rings is 4. The summed E-state index contributed by atoms with van der Waals surface area (Å²) in [5.74, 6) is 0.327. The first-order valence-electron chi connectivity index (χ1n) is 19.7. The Bertz CT molecular complexity index is 2280. The maximum atomic E-state index is 15.3. The number of hydrogen-bond acceptors (Lipinski definition) is 7. The molecule has 3 aliphatic rings. The van der Waals surface area contributed by atoms with Gasteiger partial charge >= 0.3 is 6.09 Å². The van der Waals surface area contributed by atoms with Gasteiger partial charge in [-0.25, -0.2) is 4.79 Å². The lowest BCUT2D eigenvalue weighted by Crippen LogP contribution is -2.47. The van der Waals surface area contributed by atoms with Gasteiger partial charge in [-0.3, -0.25) is 14.5 Å². The summed E-state index contributed by atoms with van der Waals surface area (Å²) >= 11 is 0. The van der Waals surface area contributed by atoms with Crippen molar-refractivity contribution in [2.24, 2.45) is 7.05 Å². The van der Waals surface area contributed by atoms with Crippen molar-refractivity contribution < 1.29 is 29.0 Å². The number of morpholine rings is 1. The minimum absolute atomic E-state index is 0.0253. The van der Waals surface area contributed by atoms with Crippen molar-refractivity contribution in [1.29, 1.82) is 0 Å². The van der Waals surface area contributed by atoms with Gasteiger partial charge in [-0.05, 0) is 103 Å². The largest absolute Gasteiger partial charge is 0.508 e. The summed E-state index contributed by atoms with van der Waals surface area (Å²) in [5.41, 5.74) is 8.34. The Labute approximate surface area is 333 Å². The first-order valence-corrected chi connectivity index (χ1v) is 19.7. The van der Waals surface area contributed by atoms with E-state index in [0.717, 1.165) is 79.3 Å². The van der Waals surface area contributed by atoms with E-state index in [-0.39, 0.29) is 23.6 Å². The molecule has 4 heterocycles.